The van der Waals surface area contributed by atoms with Gasteiger partial charge in [0.25, 0.3) is 5.91 Å². The highest BCUT2D eigenvalue weighted by molar-refractivity contribution is 6.31. The van der Waals surface area contributed by atoms with Gasteiger partial charge in [0.15, 0.2) is 11.7 Å². The molecule has 1 aromatic carbocycles. The number of rotatable bonds is 8. The van der Waals surface area contributed by atoms with Crippen LogP contribution >= 0.6 is 11.6 Å². The lowest BCUT2D eigenvalue weighted by Gasteiger charge is -2.22. The second-order valence-corrected chi connectivity index (χ2v) is 6.63. The van der Waals surface area contributed by atoms with Gasteiger partial charge in [-0.1, -0.05) is 29.8 Å². The minimum atomic E-state index is -0.191. The Morgan fingerprint density at radius 1 is 1.26 bits per heavy atom. The average Bonchev–Trinajstić information content (AvgIpc) is 3.08. The Morgan fingerprint density at radius 3 is 2.70 bits per heavy atom. The first-order chi connectivity index (χ1) is 13.0. The number of nitrogens with one attached hydrogen (secondary N) is 2. The summed E-state index contributed by atoms with van der Waals surface area (Å²) >= 11 is 6.24. The van der Waals surface area contributed by atoms with Crippen LogP contribution in [-0.4, -0.2) is 43.4 Å². The lowest BCUT2D eigenvalue weighted by Crippen LogP contribution is -2.38. The van der Waals surface area contributed by atoms with Crippen molar-refractivity contribution in [1.82, 2.24) is 15.5 Å². The molecule has 1 aromatic heterocycles. The first-order valence-corrected chi connectivity index (χ1v) is 9.45. The Balaban J connectivity index is 1.83. The SMILES string of the molecule is CCNC(=NCCCNC(=O)c1occc1C)N(C)Cc1ccccc1Cl. The number of amides is 1. The summed E-state index contributed by atoms with van der Waals surface area (Å²) in [5.74, 6) is 0.987. The van der Waals surface area contributed by atoms with Crippen LogP contribution in [-0.2, 0) is 6.54 Å². The highest BCUT2D eigenvalue weighted by Crippen LogP contribution is 2.16. The maximum Gasteiger partial charge on any atom is 0.287 e. The van der Waals surface area contributed by atoms with Gasteiger partial charge in [-0.05, 0) is 38.0 Å². The standard InChI is InChI=1S/C20H27ClN4O2/c1-4-22-20(25(3)14-16-8-5-6-9-17(16)21)24-12-7-11-23-19(26)18-15(2)10-13-27-18/h5-6,8-10,13H,4,7,11-12,14H2,1-3H3,(H,22,24)(H,23,26). The largest absolute Gasteiger partial charge is 0.459 e. The number of hydrogen-bond donors (Lipinski definition) is 2. The average molecular weight is 391 g/mol. The molecule has 0 aliphatic heterocycles. The number of nitrogens with zero attached hydrogens (tertiary/aromatic N) is 2. The fourth-order valence-electron chi connectivity index (χ4n) is 2.58. The minimum absolute atomic E-state index is 0.191. The van der Waals surface area contributed by atoms with E-state index >= 15 is 0 Å². The molecule has 1 amide bonds. The van der Waals surface area contributed by atoms with Crippen LogP contribution in [0.4, 0.5) is 0 Å². The first-order valence-electron chi connectivity index (χ1n) is 9.08. The van der Waals surface area contributed by atoms with E-state index in [9.17, 15) is 4.79 Å². The van der Waals surface area contributed by atoms with Gasteiger partial charge in [0.1, 0.15) is 0 Å². The van der Waals surface area contributed by atoms with E-state index in [1.807, 2.05) is 50.1 Å². The van der Waals surface area contributed by atoms with Crippen molar-refractivity contribution in [3.05, 3.63) is 58.5 Å². The van der Waals surface area contributed by atoms with Crippen LogP contribution in [0.15, 0.2) is 46.0 Å². The molecule has 2 aromatic rings. The molecule has 146 valence electrons. The number of halogens is 1. The van der Waals surface area contributed by atoms with E-state index in [1.54, 1.807) is 6.07 Å². The molecule has 27 heavy (non-hydrogen) atoms. The number of hydrogen-bond acceptors (Lipinski definition) is 3. The van der Waals surface area contributed by atoms with Crippen LogP contribution in [0.5, 0.6) is 0 Å². The van der Waals surface area contributed by atoms with Crippen molar-refractivity contribution < 1.29 is 9.21 Å². The minimum Gasteiger partial charge on any atom is -0.459 e. The molecule has 6 nitrogen and oxygen atoms in total. The smallest absolute Gasteiger partial charge is 0.287 e. The van der Waals surface area contributed by atoms with Gasteiger partial charge in [0.2, 0.25) is 0 Å². The number of furan rings is 1. The molecule has 2 N–H and O–H groups in total. The third-order valence-corrected chi connectivity index (χ3v) is 4.38. The lowest BCUT2D eigenvalue weighted by molar-refractivity contribution is 0.0925. The molecule has 0 bridgehead atoms. The van der Waals surface area contributed by atoms with E-state index in [0.717, 1.165) is 35.1 Å². The quantitative estimate of drug-likeness (QED) is 0.411. The van der Waals surface area contributed by atoms with Crippen molar-refractivity contribution in [2.45, 2.75) is 26.8 Å². The van der Waals surface area contributed by atoms with Gasteiger partial charge >= 0.3 is 0 Å². The molecular formula is C20H27ClN4O2. The lowest BCUT2D eigenvalue weighted by atomic mass is 10.2. The molecule has 0 radical (unpaired) electrons. The predicted molar refractivity (Wildman–Crippen MR) is 109 cm³/mol. The van der Waals surface area contributed by atoms with Crippen molar-refractivity contribution in [1.29, 1.82) is 0 Å². The molecular weight excluding hydrogens is 364 g/mol. The molecule has 0 fully saturated rings. The van der Waals surface area contributed by atoms with Gasteiger partial charge in [-0.2, -0.15) is 0 Å². The number of carbonyl (C=O) groups excluding carboxylic acids is 1. The summed E-state index contributed by atoms with van der Waals surface area (Å²) in [6.07, 6.45) is 2.26. The number of aryl methyl sites for hydroxylation is 1. The summed E-state index contributed by atoms with van der Waals surface area (Å²) in [5.41, 5.74) is 1.88. The maximum absolute atomic E-state index is 12.0. The van der Waals surface area contributed by atoms with Gasteiger partial charge < -0.3 is 20.0 Å². The number of carbonyl (C=O) groups is 1. The fourth-order valence-corrected chi connectivity index (χ4v) is 2.77. The van der Waals surface area contributed by atoms with Crippen LogP contribution in [0.2, 0.25) is 5.02 Å². The molecule has 0 saturated carbocycles. The van der Waals surface area contributed by atoms with Crippen LogP contribution < -0.4 is 10.6 Å². The van der Waals surface area contributed by atoms with Crippen LogP contribution in [0.1, 0.15) is 35.0 Å². The Morgan fingerprint density at radius 2 is 2.04 bits per heavy atom. The topological polar surface area (TPSA) is 69.9 Å². The molecule has 0 aliphatic rings. The van der Waals surface area contributed by atoms with Crippen molar-refractivity contribution in [2.75, 3.05) is 26.7 Å². The van der Waals surface area contributed by atoms with Crippen molar-refractivity contribution in [2.24, 2.45) is 4.99 Å². The maximum atomic E-state index is 12.0. The normalized spacial score (nSPS) is 11.3. The summed E-state index contributed by atoms with van der Waals surface area (Å²) in [5, 5.41) is 6.88. The van der Waals surface area contributed by atoms with Crippen molar-refractivity contribution in [3.63, 3.8) is 0 Å². The summed E-state index contributed by atoms with van der Waals surface area (Å²) in [7, 11) is 1.98. The van der Waals surface area contributed by atoms with E-state index in [1.165, 1.54) is 6.26 Å². The summed E-state index contributed by atoms with van der Waals surface area (Å²) in [6, 6.07) is 9.57. The Hall–Kier alpha value is -2.47. The van der Waals surface area contributed by atoms with Crippen LogP contribution in [0.3, 0.4) is 0 Å². The molecule has 2 rings (SSSR count). The van der Waals surface area contributed by atoms with Crippen LogP contribution in [0.25, 0.3) is 0 Å². The summed E-state index contributed by atoms with van der Waals surface area (Å²) < 4.78 is 5.18. The highest BCUT2D eigenvalue weighted by atomic mass is 35.5. The van der Waals surface area contributed by atoms with E-state index < -0.39 is 0 Å². The second-order valence-electron chi connectivity index (χ2n) is 6.23. The molecule has 0 unspecified atom stereocenters. The van der Waals surface area contributed by atoms with E-state index in [-0.39, 0.29) is 5.91 Å². The van der Waals surface area contributed by atoms with Gasteiger partial charge in [-0.25, -0.2) is 0 Å². The third kappa shape index (κ3) is 6.32. The number of benzene rings is 1. The summed E-state index contributed by atoms with van der Waals surface area (Å²) in [4.78, 5) is 18.7. The Bertz CT molecular complexity index is 773. The molecule has 7 heteroatoms. The molecule has 0 saturated heterocycles. The van der Waals surface area contributed by atoms with Crippen molar-refractivity contribution in [3.8, 4) is 0 Å². The molecule has 0 aliphatic carbocycles. The number of aliphatic imine (C=N–C) groups is 1. The van der Waals surface area contributed by atoms with Crippen molar-refractivity contribution >= 4 is 23.5 Å². The highest BCUT2D eigenvalue weighted by Gasteiger charge is 2.11. The van der Waals surface area contributed by atoms with E-state index in [4.69, 9.17) is 16.0 Å². The zero-order valence-electron chi connectivity index (χ0n) is 16.1. The van der Waals surface area contributed by atoms with Gasteiger partial charge in [-0.3, -0.25) is 9.79 Å². The van der Waals surface area contributed by atoms with Gasteiger partial charge in [-0.15, -0.1) is 0 Å². The zero-order valence-corrected chi connectivity index (χ0v) is 16.8. The van der Waals surface area contributed by atoms with E-state index in [2.05, 4.69) is 15.6 Å². The molecule has 0 atom stereocenters. The van der Waals surface area contributed by atoms with Gasteiger partial charge in [0.05, 0.1) is 6.26 Å². The summed E-state index contributed by atoms with van der Waals surface area (Å²) in [6.45, 7) is 6.47. The second kappa shape index (κ2) is 10.6. The molecule has 1 heterocycles. The first kappa shape index (κ1) is 20.8. The Labute approximate surface area is 165 Å². The van der Waals surface area contributed by atoms with Gasteiger partial charge in [0, 0.05) is 43.8 Å². The fraction of sp³-hybridized carbons (Fsp3) is 0.400. The third-order valence-electron chi connectivity index (χ3n) is 4.01. The Kier molecular flexibility index (Phi) is 8.20. The molecule has 0 spiro atoms. The van der Waals surface area contributed by atoms with Crippen LogP contribution in [0, 0.1) is 6.92 Å². The monoisotopic (exact) mass is 390 g/mol. The number of guanidine groups is 1. The predicted octanol–water partition coefficient (Wildman–Crippen LogP) is 3.46. The van der Waals surface area contributed by atoms with E-state index in [0.29, 0.717) is 25.4 Å². The zero-order chi connectivity index (χ0) is 19.6.